The molecule has 0 fully saturated rings. The normalized spacial score (nSPS) is 13.3. The summed E-state index contributed by atoms with van der Waals surface area (Å²) in [5.41, 5.74) is 19.4. The zero-order valence-electron chi connectivity index (χ0n) is 26.8. The molecule has 7 aromatic rings. The maximum Gasteiger partial charge on any atom is 0.137 e. The van der Waals surface area contributed by atoms with Crippen LogP contribution in [0, 0.1) is 41.5 Å². The minimum atomic E-state index is -0.471. The first kappa shape index (κ1) is 27.5. The van der Waals surface area contributed by atoms with Gasteiger partial charge in [0.1, 0.15) is 11.2 Å². The molecule has 0 unspecified atom stereocenters. The molecule has 0 bridgehead atoms. The summed E-state index contributed by atoms with van der Waals surface area (Å²) >= 11 is 0. The monoisotopic (exact) mass is 583 g/mol. The van der Waals surface area contributed by atoms with Crippen LogP contribution in [0.1, 0.15) is 55.6 Å². The van der Waals surface area contributed by atoms with Crippen molar-refractivity contribution in [2.24, 2.45) is 0 Å². The Labute approximate surface area is 265 Å². The highest BCUT2D eigenvalue weighted by atomic mass is 16.3. The van der Waals surface area contributed by atoms with E-state index in [1.165, 1.54) is 66.8 Å². The second kappa shape index (κ2) is 9.97. The van der Waals surface area contributed by atoms with Gasteiger partial charge in [-0.1, -0.05) is 90.0 Å². The maximum absolute atomic E-state index is 6.23. The van der Waals surface area contributed by atoms with Crippen LogP contribution in [0.4, 0.5) is 11.4 Å². The number of nitrogens with one attached hydrogen (secondary N) is 1. The third kappa shape index (κ3) is 3.95. The van der Waals surface area contributed by atoms with E-state index in [-0.39, 0.29) is 0 Å². The highest BCUT2D eigenvalue weighted by Gasteiger charge is 2.49. The molecule has 8 rings (SSSR count). The smallest absolute Gasteiger partial charge is 0.137 e. The van der Waals surface area contributed by atoms with Gasteiger partial charge in [0, 0.05) is 11.1 Å². The van der Waals surface area contributed by atoms with Gasteiger partial charge in [-0.2, -0.15) is 0 Å². The number of fused-ring (bicyclic) bond motifs is 6. The Morgan fingerprint density at radius 1 is 0.511 bits per heavy atom. The van der Waals surface area contributed by atoms with Crippen LogP contribution in [0.25, 0.3) is 33.1 Å². The fourth-order valence-corrected chi connectivity index (χ4v) is 8.60. The molecule has 0 radical (unpaired) electrons. The number of hydrogen-bond donors (Lipinski definition) is 1. The first-order valence-electron chi connectivity index (χ1n) is 15.9. The summed E-state index contributed by atoms with van der Waals surface area (Å²) in [4.78, 5) is 0. The molecule has 2 heteroatoms. The van der Waals surface area contributed by atoms with Crippen molar-refractivity contribution >= 4 is 33.3 Å². The molecule has 0 atom stereocenters. The van der Waals surface area contributed by atoms with Crippen molar-refractivity contribution in [1.82, 2.24) is 0 Å². The van der Waals surface area contributed by atoms with Gasteiger partial charge in [-0.25, -0.2) is 0 Å². The molecule has 1 aliphatic carbocycles. The predicted octanol–water partition coefficient (Wildman–Crippen LogP) is 11.5. The molecule has 0 amide bonds. The van der Waals surface area contributed by atoms with Crippen molar-refractivity contribution in [2.75, 3.05) is 5.32 Å². The molecular weight excluding hydrogens is 546 g/mol. The van der Waals surface area contributed by atoms with Gasteiger partial charge >= 0.3 is 0 Å². The van der Waals surface area contributed by atoms with Gasteiger partial charge in [0.05, 0.1) is 16.5 Å². The van der Waals surface area contributed by atoms with E-state index in [2.05, 4.69) is 144 Å². The zero-order chi connectivity index (χ0) is 31.0. The van der Waals surface area contributed by atoms with E-state index in [0.29, 0.717) is 0 Å². The number of aryl methyl sites for hydroxylation is 6. The van der Waals surface area contributed by atoms with Crippen molar-refractivity contribution in [3.63, 3.8) is 0 Å². The minimum absolute atomic E-state index is 0.471. The summed E-state index contributed by atoms with van der Waals surface area (Å²) in [6, 6.07) is 40.0. The Morgan fingerprint density at radius 2 is 1.09 bits per heavy atom. The molecule has 45 heavy (non-hydrogen) atoms. The van der Waals surface area contributed by atoms with E-state index in [1.807, 2.05) is 12.1 Å². The molecule has 0 spiro atoms. The van der Waals surface area contributed by atoms with Crippen LogP contribution in [-0.2, 0) is 5.41 Å². The van der Waals surface area contributed by atoms with E-state index >= 15 is 0 Å². The first-order valence-corrected chi connectivity index (χ1v) is 15.9. The number of anilines is 2. The Hall–Kier alpha value is -5.08. The highest BCUT2D eigenvalue weighted by molar-refractivity contribution is 6.12. The van der Waals surface area contributed by atoms with Crippen LogP contribution < -0.4 is 5.32 Å². The summed E-state index contributed by atoms with van der Waals surface area (Å²) in [6.45, 7) is 13.6. The van der Waals surface area contributed by atoms with Gasteiger partial charge in [0.25, 0.3) is 0 Å². The Kier molecular flexibility index (Phi) is 6.09. The van der Waals surface area contributed by atoms with Crippen LogP contribution in [0.2, 0.25) is 0 Å². The van der Waals surface area contributed by atoms with Gasteiger partial charge in [-0.3, -0.25) is 0 Å². The molecule has 0 saturated heterocycles. The number of furan rings is 1. The lowest BCUT2D eigenvalue weighted by Crippen LogP contribution is -2.32. The molecular formula is C43H37NO. The molecule has 1 aromatic heterocycles. The average Bonchev–Trinajstić information content (AvgIpc) is 3.51. The highest BCUT2D eigenvalue weighted by Crippen LogP contribution is 2.59. The van der Waals surface area contributed by atoms with Gasteiger partial charge in [-0.15, -0.1) is 0 Å². The minimum Gasteiger partial charge on any atom is -0.456 e. The Morgan fingerprint density at radius 3 is 1.78 bits per heavy atom. The quantitative estimate of drug-likeness (QED) is 0.223. The van der Waals surface area contributed by atoms with E-state index in [9.17, 15) is 0 Å². The SMILES string of the molecule is Cc1cc(C)c(C2(c3c(C)cc(C)cc3C)c3ccccc3-c3ccc(Nc4cccc5oc6ccccc6c45)cc32)c(C)c1. The fourth-order valence-electron chi connectivity index (χ4n) is 8.60. The second-order valence-corrected chi connectivity index (χ2v) is 13.0. The molecule has 0 aliphatic heterocycles. The van der Waals surface area contributed by atoms with E-state index in [1.54, 1.807) is 0 Å². The van der Waals surface area contributed by atoms with Crippen molar-refractivity contribution in [3.05, 3.63) is 165 Å². The third-order valence-corrected chi connectivity index (χ3v) is 9.83. The van der Waals surface area contributed by atoms with Crippen LogP contribution in [-0.4, -0.2) is 0 Å². The Bertz CT molecular complexity index is 2210. The van der Waals surface area contributed by atoms with E-state index in [0.717, 1.165) is 33.3 Å². The molecule has 0 saturated carbocycles. The van der Waals surface area contributed by atoms with Crippen molar-refractivity contribution in [2.45, 2.75) is 47.0 Å². The van der Waals surface area contributed by atoms with E-state index < -0.39 is 5.41 Å². The van der Waals surface area contributed by atoms with Crippen LogP contribution in [0.5, 0.6) is 0 Å². The third-order valence-electron chi connectivity index (χ3n) is 9.83. The fraction of sp³-hybridized carbons (Fsp3) is 0.163. The maximum atomic E-state index is 6.23. The lowest BCUT2D eigenvalue weighted by molar-refractivity contribution is 0.669. The first-order chi connectivity index (χ1) is 21.8. The Balaban J connectivity index is 1.45. The number of rotatable bonds is 4. The van der Waals surface area contributed by atoms with Crippen molar-refractivity contribution < 1.29 is 4.42 Å². The summed E-state index contributed by atoms with van der Waals surface area (Å²) in [5.74, 6) is 0. The average molecular weight is 584 g/mol. The molecule has 2 nitrogen and oxygen atoms in total. The summed E-state index contributed by atoms with van der Waals surface area (Å²) in [6.07, 6.45) is 0. The topological polar surface area (TPSA) is 25.2 Å². The lowest BCUT2D eigenvalue weighted by Gasteiger charge is -2.39. The molecule has 6 aromatic carbocycles. The number of para-hydroxylation sites is 1. The summed E-state index contributed by atoms with van der Waals surface area (Å²) in [7, 11) is 0. The number of hydrogen-bond acceptors (Lipinski definition) is 2. The van der Waals surface area contributed by atoms with Gasteiger partial charge in [0.2, 0.25) is 0 Å². The predicted molar refractivity (Wildman–Crippen MR) is 189 cm³/mol. The van der Waals surface area contributed by atoms with Crippen LogP contribution >= 0.6 is 0 Å². The van der Waals surface area contributed by atoms with Crippen molar-refractivity contribution in [3.8, 4) is 11.1 Å². The lowest BCUT2D eigenvalue weighted by atomic mass is 9.63. The summed E-state index contributed by atoms with van der Waals surface area (Å²) in [5, 5.41) is 6.07. The molecule has 1 aliphatic rings. The van der Waals surface area contributed by atoms with Crippen LogP contribution in [0.3, 0.4) is 0 Å². The number of benzene rings is 6. The molecule has 220 valence electrons. The van der Waals surface area contributed by atoms with Crippen molar-refractivity contribution in [1.29, 1.82) is 0 Å². The van der Waals surface area contributed by atoms with Gasteiger partial charge in [-0.05, 0) is 128 Å². The standard InChI is InChI=1S/C43H37NO/c1-25-20-27(3)41(28(4)21-25)43(42-29(5)22-26(2)23-30(42)6)35-14-9-7-12-32(35)33-19-18-31(24-36(33)43)44-37-15-11-17-39-40(37)34-13-8-10-16-38(34)45-39/h7-24,44H,1-6H3. The van der Waals surface area contributed by atoms with Gasteiger partial charge < -0.3 is 9.73 Å². The molecule has 1 heterocycles. The van der Waals surface area contributed by atoms with Crippen LogP contribution in [0.15, 0.2) is 114 Å². The van der Waals surface area contributed by atoms with E-state index in [4.69, 9.17) is 4.42 Å². The second-order valence-electron chi connectivity index (χ2n) is 13.0. The zero-order valence-corrected chi connectivity index (χ0v) is 26.8. The van der Waals surface area contributed by atoms with Gasteiger partial charge in [0.15, 0.2) is 0 Å². The summed E-state index contributed by atoms with van der Waals surface area (Å²) < 4.78 is 6.23. The largest absolute Gasteiger partial charge is 0.456 e. The molecule has 1 N–H and O–H groups in total.